The van der Waals surface area contributed by atoms with Crippen LogP contribution in [-0.2, 0) is 9.47 Å². The number of phenolic OH excluding ortho intramolecular Hbond substituents is 2. The van der Waals surface area contributed by atoms with Crippen molar-refractivity contribution in [1.82, 2.24) is 0 Å². The van der Waals surface area contributed by atoms with Crippen molar-refractivity contribution in [3.8, 4) is 11.5 Å². The van der Waals surface area contributed by atoms with Crippen LogP contribution in [0.15, 0.2) is 59.3 Å². The standard InChI is InChI=1S/C21H22O11/c22-7-14-16(27)17(28)18(29)21(31-14)32-20-15(26)10-3-2-9(23)6-13(10)30-19(20)8-1-4-11(24)12(25)5-8/h1-6,13-14,16-18,21-29H,7H2/p+1/t13?,14-,16-,17+,18-,21+/m1/s1. The van der Waals surface area contributed by atoms with Crippen LogP contribution in [-0.4, -0.2) is 89.0 Å². The molecule has 0 spiro atoms. The number of fused-ring (bicyclic) bond motifs is 1. The second kappa shape index (κ2) is 8.37. The van der Waals surface area contributed by atoms with E-state index in [0.717, 1.165) is 0 Å². The van der Waals surface area contributed by atoms with E-state index in [1.54, 1.807) is 0 Å². The third kappa shape index (κ3) is 3.76. The number of benzene rings is 1. The van der Waals surface area contributed by atoms with Gasteiger partial charge in [0.05, 0.1) is 23.8 Å². The molecule has 11 nitrogen and oxygen atoms in total. The summed E-state index contributed by atoms with van der Waals surface area (Å²) in [5, 5.41) is 80.0. The van der Waals surface area contributed by atoms with E-state index in [1.165, 1.54) is 36.4 Å². The molecule has 32 heavy (non-hydrogen) atoms. The molecule has 1 unspecified atom stereocenters. The fourth-order valence-corrected chi connectivity index (χ4v) is 3.62. The number of hydrogen-bond acceptors (Lipinski definition) is 10. The minimum Gasteiger partial charge on any atom is -0.571 e. The summed E-state index contributed by atoms with van der Waals surface area (Å²) in [6.45, 7) is -0.672. The van der Waals surface area contributed by atoms with Gasteiger partial charge in [-0.3, -0.25) is 0 Å². The average Bonchev–Trinajstić information content (AvgIpc) is 2.77. The molecule has 0 saturated carbocycles. The number of rotatable bonds is 4. The predicted octanol–water partition coefficient (Wildman–Crippen LogP) is -0.683. The molecule has 0 aromatic heterocycles. The predicted molar refractivity (Wildman–Crippen MR) is 107 cm³/mol. The van der Waals surface area contributed by atoms with Crippen molar-refractivity contribution in [3.05, 3.63) is 64.8 Å². The summed E-state index contributed by atoms with van der Waals surface area (Å²) in [6.07, 6.45) is -4.56. The van der Waals surface area contributed by atoms with Crippen molar-refractivity contribution < 1.29 is 55.1 Å². The van der Waals surface area contributed by atoms with Crippen LogP contribution in [0.2, 0.25) is 0 Å². The Morgan fingerprint density at radius 3 is 2.38 bits per heavy atom. The van der Waals surface area contributed by atoms with E-state index in [1.807, 2.05) is 0 Å². The van der Waals surface area contributed by atoms with Gasteiger partial charge in [-0.25, -0.2) is 0 Å². The van der Waals surface area contributed by atoms with Gasteiger partial charge in [0.1, 0.15) is 30.2 Å². The first kappa shape index (κ1) is 22.0. The monoisotopic (exact) mass is 451 g/mol. The van der Waals surface area contributed by atoms with E-state index in [0.29, 0.717) is 0 Å². The Morgan fingerprint density at radius 1 is 0.938 bits per heavy atom. The lowest BCUT2D eigenvalue weighted by molar-refractivity contribution is -0.291. The molecule has 1 aliphatic carbocycles. The first-order valence-corrected chi connectivity index (χ1v) is 9.68. The van der Waals surface area contributed by atoms with Crippen molar-refractivity contribution in [3.63, 3.8) is 0 Å². The molecule has 2 heterocycles. The SMILES string of the molecule is OC[C@H]1O[C@@H](OC2=C(c3ccc(O)c(O)c3)[OH+]C3C=C(O)C=CC3=C2O)[C@H](O)[C@@H](O)[C@@H]1O. The van der Waals surface area contributed by atoms with Crippen molar-refractivity contribution in [2.75, 3.05) is 6.61 Å². The molecule has 2 aliphatic heterocycles. The van der Waals surface area contributed by atoms with Crippen molar-refractivity contribution in [2.24, 2.45) is 0 Å². The molecular formula is C21H23O11+. The highest BCUT2D eigenvalue weighted by Crippen LogP contribution is 2.39. The molecule has 1 aromatic rings. The maximum Gasteiger partial charge on any atom is 0.309 e. The van der Waals surface area contributed by atoms with Crippen LogP contribution < -0.4 is 0 Å². The van der Waals surface area contributed by atoms with Crippen molar-refractivity contribution >= 4 is 5.76 Å². The normalized spacial score (nSPS) is 32.3. The zero-order chi connectivity index (χ0) is 23.2. The lowest BCUT2D eigenvalue weighted by Crippen LogP contribution is -2.59. The van der Waals surface area contributed by atoms with Crippen molar-refractivity contribution in [1.29, 1.82) is 0 Å². The van der Waals surface area contributed by atoms with E-state index in [-0.39, 0.29) is 34.2 Å². The Hall–Kier alpha value is -3.22. The van der Waals surface area contributed by atoms with Crippen LogP contribution in [0.3, 0.4) is 0 Å². The second-order valence-corrected chi connectivity index (χ2v) is 7.50. The van der Waals surface area contributed by atoms with Gasteiger partial charge in [-0.05, 0) is 24.3 Å². The van der Waals surface area contributed by atoms with Crippen LogP contribution in [0.4, 0.5) is 0 Å². The number of aromatic hydroxyl groups is 2. The molecule has 0 bridgehead atoms. The number of aliphatic hydroxyl groups is 8. The van der Waals surface area contributed by atoms with E-state index in [2.05, 4.69) is 4.74 Å². The molecule has 9 N–H and O–H groups in total. The van der Waals surface area contributed by atoms with E-state index < -0.39 is 54.9 Å². The fourth-order valence-electron chi connectivity index (χ4n) is 3.62. The van der Waals surface area contributed by atoms with Crippen LogP contribution >= 0.6 is 0 Å². The van der Waals surface area contributed by atoms with Gasteiger partial charge < -0.3 is 55.1 Å². The minimum atomic E-state index is -1.74. The van der Waals surface area contributed by atoms with E-state index >= 15 is 0 Å². The van der Waals surface area contributed by atoms with Crippen LogP contribution in [0.5, 0.6) is 11.5 Å². The molecule has 3 aliphatic rings. The molecule has 4 rings (SSSR count). The largest absolute Gasteiger partial charge is 0.571 e. The van der Waals surface area contributed by atoms with Gasteiger partial charge in [0, 0.05) is 6.07 Å². The maximum atomic E-state index is 10.9. The second-order valence-electron chi connectivity index (χ2n) is 7.50. The quantitative estimate of drug-likeness (QED) is 0.215. The number of hydrogen-bond donors (Lipinski definition) is 8. The summed E-state index contributed by atoms with van der Waals surface area (Å²) >= 11 is 0. The summed E-state index contributed by atoms with van der Waals surface area (Å²) in [7, 11) is 0. The first-order chi connectivity index (χ1) is 15.2. The number of ether oxygens (including phenoxy) is 3. The third-order valence-corrected chi connectivity index (χ3v) is 5.38. The molecule has 0 amide bonds. The molecular weight excluding hydrogens is 428 g/mol. The molecule has 0 radical (unpaired) electrons. The Kier molecular flexibility index (Phi) is 5.75. The Balaban J connectivity index is 1.78. The zero-order valence-electron chi connectivity index (χ0n) is 16.5. The highest BCUT2D eigenvalue weighted by Gasteiger charge is 2.47. The lowest BCUT2D eigenvalue weighted by Gasteiger charge is -2.40. The molecule has 1 saturated heterocycles. The highest BCUT2D eigenvalue weighted by molar-refractivity contribution is 5.70. The third-order valence-electron chi connectivity index (χ3n) is 5.38. The molecule has 172 valence electrons. The lowest BCUT2D eigenvalue weighted by atomic mass is 9.97. The summed E-state index contributed by atoms with van der Waals surface area (Å²) in [4.78, 5) is 0. The molecule has 11 heteroatoms. The van der Waals surface area contributed by atoms with Crippen LogP contribution in [0, 0.1) is 0 Å². The van der Waals surface area contributed by atoms with Gasteiger partial charge in [-0.15, -0.1) is 0 Å². The Bertz CT molecular complexity index is 1020. The number of aliphatic hydroxyl groups excluding tert-OH is 6. The maximum absolute atomic E-state index is 10.9. The van der Waals surface area contributed by atoms with Gasteiger partial charge in [0.25, 0.3) is 5.76 Å². The first-order valence-electron chi connectivity index (χ1n) is 9.68. The summed E-state index contributed by atoms with van der Waals surface area (Å²) < 4.78 is 15.5. The highest BCUT2D eigenvalue weighted by atomic mass is 16.7. The fraction of sp³-hybridized carbons (Fsp3) is 0.333. The van der Waals surface area contributed by atoms with Crippen LogP contribution in [0.1, 0.15) is 5.56 Å². The van der Waals surface area contributed by atoms with Gasteiger partial charge in [-0.1, -0.05) is 0 Å². The molecule has 6 atom stereocenters. The van der Waals surface area contributed by atoms with E-state index in [9.17, 15) is 40.9 Å². The molecule has 1 fully saturated rings. The van der Waals surface area contributed by atoms with Crippen molar-refractivity contribution in [2.45, 2.75) is 36.8 Å². The number of allylic oxidation sites excluding steroid dienone is 1. The van der Waals surface area contributed by atoms with Gasteiger partial charge in [0.15, 0.2) is 17.3 Å². The molecule has 1 aromatic carbocycles. The summed E-state index contributed by atoms with van der Waals surface area (Å²) in [5.74, 6) is -1.65. The van der Waals surface area contributed by atoms with E-state index in [4.69, 9.17) is 9.47 Å². The van der Waals surface area contributed by atoms with Gasteiger partial charge >= 0.3 is 5.76 Å². The van der Waals surface area contributed by atoms with Gasteiger partial charge in [0.2, 0.25) is 12.4 Å². The zero-order valence-corrected chi connectivity index (χ0v) is 16.5. The topological polar surface area (TPSA) is 193 Å². The Morgan fingerprint density at radius 2 is 1.69 bits per heavy atom. The average molecular weight is 451 g/mol. The minimum absolute atomic E-state index is 0.0112. The smallest absolute Gasteiger partial charge is 0.309 e. The summed E-state index contributed by atoms with van der Waals surface area (Å²) in [6, 6.07) is 3.76. The summed E-state index contributed by atoms with van der Waals surface area (Å²) in [5.41, 5.74) is 0.474. The van der Waals surface area contributed by atoms with Gasteiger partial charge in [-0.2, -0.15) is 0 Å². The number of phenols is 2. The Labute approximate surface area is 181 Å². The van der Waals surface area contributed by atoms with Crippen LogP contribution in [0.25, 0.3) is 5.76 Å².